The lowest BCUT2D eigenvalue weighted by atomic mass is 10.0. The van der Waals surface area contributed by atoms with Crippen molar-refractivity contribution in [1.29, 1.82) is 0 Å². The van der Waals surface area contributed by atoms with Gasteiger partial charge < -0.3 is 5.11 Å². The van der Waals surface area contributed by atoms with Gasteiger partial charge >= 0.3 is 6.18 Å². The van der Waals surface area contributed by atoms with Crippen molar-refractivity contribution in [2.45, 2.75) is 31.5 Å². The average molecular weight is 297 g/mol. The molecule has 1 aromatic rings. The summed E-state index contributed by atoms with van der Waals surface area (Å²) < 4.78 is 36.5. The van der Waals surface area contributed by atoms with Crippen LogP contribution in [-0.4, -0.2) is 11.3 Å². The topological polar surface area (TPSA) is 20.2 Å². The van der Waals surface area contributed by atoms with Crippen LogP contribution in [0.2, 0.25) is 0 Å². The number of rotatable bonds is 4. The maximum absolute atomic E-state index is 11.9. The fourth-order valence-corrected chi connectivity index (χ4v) is 1.61. The van der Waals surface area contributed by atoms with Crippen molar-refractivity contribution in [2.24, 2.45) is 0 Å². The molecule has 5 heteroatoms. The molecule has 0 heterocycles. The summed E-state index contributed by atoms with van der Waals surface area (Å²) in [6, 6.07) is 6.90. The molecule has 1 N–H and O–H groups in total. The Hall–Kier alpha value is -0.550. The SMILES string of the molecule is OC(CCCC(F)(F)F)c1ccc(Br)cc1. The molecule has 0 aliphatic carbocycles. The fraction of sp³-hybridized carbons (Fsp3) is 0.455. The van der Waals surface area contributed by atoms with Gasteiger partial charge in [0.2, 0.25) is 0 Å². The molecule has 0 bridgehead atoms. The molecule has 0 aliphatic heterocycles. The minimum Gasteiger partial charge on any atom is -0.388 e. The highest BCUT2D eigenvalue weighted by molar-refractivity contribution is 9.10. The third-order valence-corrected chi connectivity index (χ3v) is 2.72. The van der Waals surface area contributed by atoms with Gasteiger partial charge in [-0.25, -0.2) is 0 Å². The summed E-state index contributed by atoms with van der Waals surface area (Å²) in [4.78, 5) is 0. The Morgan fingerprint density at radius 3 is 2.25 bits per heavy atom. The fourth-order valence-electron chi connectivity index (χ4n) is 1.35. The van der Waals surface area contributed by atoms with E-state index >= 15 is 0 Å². The molecule has 0 radical (unpaired) electrons. The molecule has 1 unspecified atom stereocenters. The van der Waals surface area contributed by atoms with Gasteiger partial charge in [-0.05, 0) is 30.5 Å². The van der Waals surface area contributed by atoms with E-state index in [1.165, 1.54) is 0 Å². The maximum atomic E-state index is 11.9. The van der Waals surface area contributed by atoms with E-state index in [4.69, 9.17) is 0 Å². The molecule has 0 saturated heterocycles. The lowest BCUT2D eigenvalue weighted by Crippen LogP contribution is -2.08. The van der Waals surface area contributed by atoms with Crippen LogP contribution in [0.4, 0.5) is 13.2 Å². The highest BCUT2D eigenvalue weighted by Gasteiger charge is 2.26. The molecule has 1 rings (SSSR count). The van der Waals surface area contributed by atoms with Gasteiger partial charge in [-0.1, -0.05) is 28.1 Å². The highest BCUT2D eigenvalue weighted by atomic mass is 79.9. The summed E-state index contributed by atoms with van der Waals surface area (Å²) in [6.07, 6.45) is -5.74. The van der Waals surface area contributed by atoms with Gasteiger partial charge in [-0.3, -0.25) is 0 Å². The van der Waals surface area contributed by atoms with Crippen LogP contribution in [0.15, 0.2) is 28.7 Å². The van der Waals surface area contributed by atoms with E-state index in [-0.39, 0.29) is 12.8 Å². The largest absolute Gasteiger partial charge is 0.389 e. The van der Waals surface area contributed by atoms with Crippen molar-refractivity contribution < 1.29 is 18.3 Å². The molecule has 1 atom stereocenters. The van der Waals surface area contributed by atoms with Crippen molar-refractivity contribution in [3.63, 3.8) is 0 Å². The minimum atomic E-state index is -4.14. The zero-order valence-corrected chi connectivity index (χ0v) is 10.1. The summed E-state index contributed by atoms with van der Waals surface area (Å²) in [6.45, 7) is 0. The Morgan fingerprint density at radius 2 is 1.75 bits per heavy atom. The average Bonchev–Trinajstić information content (AvgIpc) is 2.16. The van der Waals surface area contributed by atoms with E-state index < -0.39 is 18.7 Å². The third-order valence-electron chi connectivity index (χ3n) is 2.19. The van der Waals surface area contributed by atoms with Crippen LogP contribution in [0, 0.1) is 0 Å². The number of aliphatic hydroxyl groups excluding tert-OH is 1. The second-order valence-corrected chi connectivity index (χ2v) is 4.49. The van der Waals surface area contributed by atoms with Crippen LogP contribution >= 0.6 is 15.9 Å². The van der Waals surface area contributed by atoms with Gasteiger partial charge in [-0.2, -0.15) is 13.2 Å². The summed E-state index contributed by atoms with van der Waals surface area (Å²) in [5, 5.41) is 9.63. The molecule has 0 spiro atoms. The molecular formula is C11H12BrF3O. The number of hydrogen-bond acceptors (Lipinski definition) is 1. The van der Waals surface area contributed by atoms with Crippen LogP contribution < -0.4 is 0 Å². The first-order valence-corrected chi connectivity index (χ1v) is 5.68. The number of benzene rings is 1. The highest BCUT2D eigenvalue weighted by Crippen LogP contribution is 2.26. The zero-order chi connectivity index (χ0) is 12.2. The Bertz CT molecular complexity index is 321. The van der Waals surface area contributed by atoms with Gasteiger partial charge in [0.25, 0.3) is 0 Å². The molecule has 0 aromatic heterocycles. The van der Waals surface area contributed by atoms with Gasteiger partial charge in [0.1, 0.15) is 0 Å². The van der Waals surface area contributed by atoms with E-state index in [0.29, 0.717) is 5.56 Å². The first-order valence-electron chi connectivity index (χ1n) is 4.89. The van der Waals surface area contributed by atoms with Crippen molar-refractivity contribution in [3.05, 3.63) is 34.3 Å². The lowest BCUT2D eigenvalue weighted by Gasteiger charge is -2.11. The van der Waals surface area contributed by atoms with Gasteiger partial charge in [0, 0.05) is 10.9 Å². The number of aliphatic hydroxyl groups is 1. The van der Waals surface area contributed by atoms with E-state index in [2.05, 4.69) is 15.9 Å². The molecular weight excluding hydrogens is 285 g/mol. The van der Waals surface area contributed by atoms with Crippen LogP contribution in [0.5, 0.6) is 0 Å². The van der Waals surface area contributed by atoms with E-state index in [0.717, 1.165) is 4.47 Å². The second kappa shape index (κ2) is 5.68. The smallest absolute Gasteiger partial charge is 0.388 e. The van der Waals surface area contributed by atoms with E-state index in [1.54, 1.807) is 24.3 Å². The third kappa shape index (κ3) is 4.99. The normalized spacial score (nSPS) is 13.8. The number of halogens is 4. The standard InChI is InChI=1S/C11H12BrF3O/c12-9-5-3-8(4-6-9)10(16)2-1-7-11(13,14)15/h3-6,10,16H,1-2,7H2. The Kier molecular flexibility index (Phi) is 4.80. The molecule has 1 aromatic carbocycles. The molecule has 1 nitrogen and oxygen atoms in total. The van der Waals surface area contributed by atoms with Crippen molar-refractivity contribution in [1.82, 2.24) is 0 Å². The number of alkyl halides is 3. The first kappa shape index (κ1) is 13.5. The second-order valence-electron chi connectivity index (χ2n) is 3.57. The Labute approximate surface area is 100 Å². The number of hydrogen-bond donors (Lipinski definition) is 1. The van der Waals surface area contributed by atoms with Crippen molar-refractivity contribution in [2.75, 3.05) is 0 Å². The first-order chi connectivity index (χ1) is 7.38. The van der Waals surface area contributed by atoms with Crippen molar-refractivity contribution >= 4 is 15.9 Å². The summed E-state index contributed by atoms with van der Waals surface area (Å²) in [5.41, 5.74) is 0.644. The summed E-state index contributed by atoms with van der Waals surface area (Å²) in [5.74, 6) is 0. The lowest BCUT2D eigenvalue weighted by molar-refractivity contribution is -0.136. The Balaban J connectivity index is 2.41. The molecule has 0 fully saturated rings. The zero-order valence-electron chi connectivity index (χ0n) is 8.47. The molecule has 16 heavy (non-hydrogen) atoms. The molecule has 90 valence electrons. The predicted molar refractivity (Wildman–Crippen MR) is 59.0 cm³/mol. The van der Waals surface area contributed by atoms with Crippen LogP contribution in [0.1, 0.15) is 30.9 Å². The van der Waals surface area contributed by atoms with Crippen molar-refractivity contribution in [3.8, 4) is 0 Å². The van der Waals surface area contributed by atoms with E-state index in [1.807, 2.05) is 0 Å². The van der Waals surface area contributed by atoms with Gasteiger partial charge in [0.05, 0.1) is 6.10 Å². The summed E-state index contributed by atoms with van der Waals surface area (Å²) in [7, 11) is 0. The monoisotopic (exact) mass is 296 g/mol. The predicted octanol–water partition coefficient (Wildman–Crippen LogP) is 4.22. The van der Waals surface area contributed by atoms with Crippen LogP contribution in [0.3, 0.4) is 0 Å². The molecule has 0 saturated carbocycles. The van der Waals surface area contributed by atoms with Crippen LogP contribution in [0.25, 0.3) is 0 Å². The summed E-state index contributed by atoms with van der Waals surface area (Å²) >= 11 is 3.24. The maximum Gasteiger partial charge on any atom is 0.389 e. The molecule has 0 aliphatic rings. The van der Waals surface area contributed by atoms with Gasteiger partial charge in [-0.15, -0.1) is 0 Å². The quantitative estimate of drug-likeness (QED) is 0.882. The minimum absolute atomic E-state index is 0.0548. The van der Waals surface area contributed by atoms with Gasteiger partial charge in [0.15, 0.2) is 0 Å². The Morgan fingerprint density at radius 1 is 1.19 bits per heavy atom. The van der Waals surface area contributed by atoms with E-state index in [9.17, 15) is 18.3 Å². The molecule has 0 amide bonds. The van der Waals surface area contributed by atoms with Crippen LogP contribution in [-0.2, 0) is 0 Å².